The number of likely N-dealkylation sites (tertiary alicyclic amines) is 1. The van der Waals surface area contributed by atoms with Crippen LogP contribution in [0.15, 0.2) is 36.7 Å². The lowest BCUT2D eigenvalue weighted by molar-refractivity contribution is 0.0717. The van der Waals surface area contributed by atoms with Gasteiger partial charge in [-0.25, -0.2) is 9.97 Å². The van der Waals surface area contributed by atoms with E-state index in [1.165, 1.54) is 0 Å². The summed E-state index contributed by atoms with van der Waals surface area (Å²) in [4.78, 5) is 31.5. The Hall–Kier alpha value is -3.29. The van der Waals surface area contributed by atoms with Crippen LogP contribution < -0.4 is 4.90 Å². The maximum atomic E-state index is 13.5. The number of carbonyl (C=O) groups is 1. The van der Waals surface area contributed by atoms with Crippen LogP contribution in [0.25, 0.3) is 11.4 Å². The van der Waals surface area contributed by atoms with Gasteiger partial charge >= 0.3 is 0 Å². The van der Waals surface area contributed by atoms with E-state index in [0.717, 1.165) is 30.2 Å². The summed E-state index contributed by atoms with van der Waals surface area (Å²) in [5.74, 6) is 0.810. The molecule has 2 bridgehead atoms. The first-order valence-electron chi connectivity index (χ1n) is 10.3. The first-order chi connectivity index (χ1) is 14.5. The summed E-state index contributed by atoms with van der Waals surface area (Å²) >= 11 is 0. The van der Waals surface area contributed by atoms with Gasteiger partial charge in [-0.3, -0.25) is 14.5 Å². The van der Waals surface area contributed by atoms with Crippen LogP contribution in [0.1, 0.15) is 34.6 Å². The van der Waals surface area contributed by atoms with Gasteiger partial charge < -0.3 is 9.80 Å². The highest BCUT2D eigenvalue weighted by Gasteiger charge is 2.43. The second-order valence-corrected chi connectivity index (χ2v) is 8.23. The zero-order valence-electron chi connectivity index (χ0n) is 17.5. The molecule has 5 rings (SSSR count). The quantitative estimate of drug-likeness (QED) is 0.668. The van der Waals surface area contributed by atoms with Crippen molar-refractivity contribution in [2.75, 3.05) is 18.0 Å². The van der Waals surface area contributed by atoms with Crippen LogP contribution in [0.4, 0.5) is 5.95 Å². The lowest BCUT2D eigenvalue weighted by atomic mass is 10.1. The second-order valence-electron chi connectivity index (χ2n) is 8.23. The number of amides is 1. The van der Waals surface area contributed by atoms with Gasteiger partial charge in [-0.05, 0) is 44.9 Å². The molecule has 2 aliphatic rings. The molecule has 0 N–H and O–H groups in total. The largest absolute Gasteiger partial charge is 0.334 e. The lowest BCUT2D eigenvalue weighted by Gasteiger charge is -2.41. The number of hydrogen-bond donors (Lipinski definition) is 0. The van der Waals surface area contributed by atoms with Gasteiger partial charge in [0.2, 0.25) is 5.95 Å². The Bertz CT molecular complexity index is 1060. The Morgan fingerprint density at radius 2 is 1.77 bits per heavy atom. The number of pyridine rings is 1. The number of carbonyl (C=O) groups excluding carboxylic acids is 1. The Morgan fingerprint density at radius 1 is 1.07 bits per heavy atom. The molecule has 8 nitrogen and oxygen atoms in total. The first-order valence-corrected chi connectivity index (χ1v) is 10.3. The van der Waals surface area contributed by atoms with Crippen molar-refractivity contribution in [3.63, 3.8) is 0 Å². The van der Waals surface area contributed by atoms with Gasteiger partial charge in [0.1, 0.15) is 5.69 Å². The van der Waals surface area contributed by atoms with Gasteiger partial charge in [0.25, 0.3) is 5.91 Å². The molecule has 5 heterocycles. The number of anilines is 1. The average Bonchev–Trinajstić information content (AvgIpc) is 3.24. The smallest absolute Gasteiger partial charge is 0.257 e. The minimum atomic E-state index is 0.0154. The van der Waals surface area contributed by atoms with Gasteiger partial charge in [-0.15, -0.1) is 0 Å². The molecular weight excluding hydrogens is 378 g/mol. The molecule has 0 radical (unpaired) electrons. The van der Waals surface area contributed by atoms with E-state index in [1.807, 2.05) is 50.1 Å². The van der Waals surface area contributed by atoms with E-state index in [4.69, 9.17) is 0 Å². The molecule has 2 unspecified atom stereocenters. The molecule has 3 aromatic rings. The predicted octanol–water partition coefficient (Wildman–Crippen LogP) is 2.38. The van der Waals surface area contributed by atoms with Crippen molar-refractivity contribution in [2.45, 2.75) is 38.8 Å². The third kappa shape index (κ3) is 3.22. The van der Waals surface area contributed by atoms with E-state index >= 15 is 0 Å². The van der Waals surface area contributed by atoms with Gasteiger partial charge in [-0.2, -0.15) is 5.10 Å². The molecule has 2 saturated heterocycles. The van der Waals surface area contributed by atoms with Gasteiger partial charge in [0.05, 0.1) is 11.3 Å². The minimum absolute atomic E-state index is 0.0154. The van der Waals surface area contributed by atoms with E-state index in [2.05, 4.69) is 25.0 Å². The Labute approximate surface area is 175 Å². The third-order valence-corrected chi connectivity index (χ3v) is 5.94. The van der Waals surface area contributed by atoms with Crippen molar-refractivity contribution < 1.29 is 4.79 Å². The summed E-state index contributed by atoms with van der Waals surface area (Å²) in [5.41, 5.74) is 3.91. The fraction of sp³-hybridized carbons (Fsp3) is 0.409. The van der Waals surface area contributed by atoms with Gasteiger partial charge in [0, 0.05) is 56.0 Å². The minimum Gasteiger partial charge on any atom is -0.334 e. The maximum absolute atomic E-state index is 13.5. The van der Waals surface area contributed by atoms with E-state index in [1.54, 1.807) is 17.1 Å². The Morgan fingerprint density at radius 3 is 2.40 bits per heavy atom. The molecule has 30 heavy (non-hydrogen) atoms. The van der Waals surface area contributed by atoms with E-state index in [9.17, 15) is 4.79 Å². The van der Waals surface area contributed by atoms with Crippen molar-refractivity contribution >= 4 is 11.9 Å². The SMILES string of the molecule is Cc1cc(C)nc(N2C3CCC2CN(C(=O)c2cn(C)nc2-c2ccccn2)C3)n1. The highest BCUT2D eigenvalue weighted by atomic mass is 16.2. The summed E-state index contributed by atoms with van der Waals surface area (Å²) in [6.45, 7) is 5.34. The van der Waals surface area contributed by atoms with Crippen molar-refractivity contribution in [1.29, 1.82) is 0 Å². The molecule has 0 spiro atoms. The van der Waals surface area contributed by atoms with Crippen LogP contribution in [0.5, 0.6) is 0 Å². The van der Waals surface area contributed by atoms with Crippen LogP contribution in [-0.4, -0.2) is 60.7 Å². The summed E-state index contributed by atoms with van der Waals surface area (Å²) in [6.07, 6.45) is 5.62. The zero-order chi connectivity index (χ0) is 20.8. The number of piperazine rings is 1. The van der Waals surface area contributed by atoms with Crippen LogP contribution in [0, 0.1) is 13.8 Å². The summed E-state index contributed by atoms with van der Waals surface area (Å²) < 4.78 is 1.69. The Balaban J connectivity index is 1.41. The van der Waals surface area contributed by atoms with Crippen molar-refractivity contribution in [3.05, 3.63) is 53.6 Å². The fourth-order valence-corrected chi connectivity index (χ4v) is 4.73. The molecule has 3 aromatic heterocycles. The van der Waals surface area contributed by atoms with Crippen molar-refractivity contribution in [1.82, 2.24) is 29.6 Å². The van der Waals surface area contributed by atoms with Crippen LogP contribution in [0.2, 0.25) is 0 Å². The molecular formula is C22H25N7O. The second kappa shape index (κ2) is 7.19. The summed E-state index contributed by atoms with van der Waals surface area (Å²) in [5, 5.41) is 4.51. The standard InChI is InChI=1S/C22H25N7O/c1-14-10-15(2)25-22(24-14)29-16-7-8-17(29)12-28(11-16)21(30)18-13-27(3)26-20(18)19-6-4-5-9-23-19/h4-6,9-10,13,16-17H,7-8,11-12H2,1-3H3. The van der Waals surface area contributed by atoms with E-state index in [0.29, 0.717) is 30.0 Å². The number of fused-ring (bicyclic) bond motifs is 2. The lowest BCUT2D eigenvalue weighted by Crippen LogP contribution is -2.56. The molecule has 8 heteroatoms. The van der Waals surface area contributed by atoms with Crippen molar-refractivity contribution in [3.8, 4) is 11.4 Å². The molecule has 154 valence electrons. The predicted molar refractivity (Wildman–Crippen MR) is 113 cm³/mol. The van der Waals surface area contributed by atoms with Crippen LogP contribution >= 0.6 is 0 Å². The first kappa shape index (κ1) is 18.7. The maximum Gasteiger partial charge on any atom is 0.257 e. The summed E-state index contributed by atoms with van der Waals surface area (Å²) in [7, 11) is 1.84. The van der Waals surface area contributed by atoms with Crippen LogP contribution in [-0.2, 0) is 7.05 Å². The van der Waals surface area contributed by atoms with E-state index in [-0.39, 0.29) is 18.0 Å². The van der Waals surface area contributed by atoms with Gasteiger partial charge in [-0.1, -0.05) is 6.07 Å². The highest BCUT2D eigenvalue weighted by molar-refractivity contribution is 5.99. The zero-order valence-corrected chi connectivity index (χ0v) is 17.5. The molecule has 2 aliphatic heterocycles. The number of aromatic nitrogens is 5. The number of aryl methyl sites for hydroxylation is 3. The number of nitrogens with zero attached hydrogens (tertiary/aromatic N) is 7. The molecule has 2 fully saturated rings. The third-order valence-electron chi connectivity index (χ3n) is 5.94. The van der Waals surface area contributed by atoms with Crippen molar-refractivity contribution in [2.24, 2.45) is 7.05 Å². The average molecular weight is 403 g/mol. The normalized spacial score (nSPS) is 20.6. The number of rotatable bonds is 3. The molecule has 1 amide bonds. The van der Waals surface area contributed by atoms with Crippen LogP contribution in [0.3, 0.4) is 0 Å². The molecule has 0 saturated carbocycles. The summed E-state index contributed by atoms with van der Waals surface area (Å²) in [6, 6.07) is 8.13. The monoisotopic (exact) mass is 403 g/mol. The van der Waals surface area contributed by atoms with E-state index < -0.39 is 0 Å². The fourth-order valence-electron chi connectivity index (χ4n) is 4.73. The highest BCUT2D eigenvalue weighted by Crippen LogP contribution is 2.34. The number of hydrogen-bond acceptors (Lipinski definition) is 6. The van der Waals surface area contributed by atoms with Gasteiger partial charge in [0.15, 0.2) is 0 Å². The molecule has 2 atom stereocenters. The topological polar surface area (TPSA) is 80.0 Å². The molecule has 0 aromatic carbocycles. The Kier molecular flexibility index (Phi) is 4.49. The molecule has 0 aliphatic carbocycles.